The van der Waals surface area contributed by atoms with Crippen molar-refractivity contribution in [2.45, 2.75) is 61.4 Å². The molecule has 0 saturated carbocycles. The zero-order valence-corrected chi connectivity index (χ0v) is 13.0. The van der Waals surface area contributed by atoms with E-state index in [-0.39, 0.29) is 0 Å². The van der Waals surface area contributed by atoms with Crippen LogP contribution in [0.1, 0.15) is 0 Å². The Morgan fingerprint density at radius 1 is 0.708 bits per heavy atom. The summed E-state index contributed by atoms with van der Waals surface area (Å²) in [6.07, 6.45) is -14.3. The maximum absolute atomic E-state index is 10.2. The largest absolute Gasteiger partial charge is 0.394 e. The molecule has 11 heteroatoms. The van der Waals surface area contributed by atoms with E-state index in [0.29, 0.717) is 0 Å². The summed E-state index contributed by atoms with van der Waals surface area (Å²) in [5.41, 5.74) is 0. The average Bonchev–Trinajstić information content (AvgIpc) is 2.59. The van der Waals surface area contributed by atoms with Crippen molar-refractivity contribution in [1.82, 2.24) is 0 Å². The Hall–Kier alpha value is -0.440. The van der Waals surface area contributed by atoms with Crippen molar-refractivity contribution in [3.05, 3.63) is 0 Å². The lowest BCUT2D eigenvalue weighted by molar-refractivity contribution is -0.357. The molecule has 0 aliphatic carbocycles. The molecule has 0 unspecified atom stereocenters. The molecule has 7 N–H and O–H groups in total. The van der Waals surface area contributed by atoms with Gasteiger partial charge in [0.2, 0.25) is 0 Å². The van der Waals surface area contributed by atoms with Crippen LogP contribution in [0.4, 0.5) is 0 Å². The van der Waals surface area contributed by atoms with Gasteiger partial charge in [-0.25, -0.2) is 0 Å². The third-order valence-electron chi connectivity index (χ3n) is 4.19. The average molecular weight is 356 g/mol. The molecule has 0 radical (unpaired) electrons. The Morgan fingerprint density at radius 2 is 1.25 bits per heavy atom. The number of rotatable bonds is 5. The van der Waals surface area contributed by atoms with E-state index < -0.39 is 74.6 Å². The Labute approximate surface area is 137 Å². The molecule has 2 rings (SSSR count). The SMILES string of the molecule is CO[C@H]1O[C@H](CO)[C@@H](O[C@@H]2O[C@@H](CO)[C@H](O)[C@@H](O)[C@H]2O)[C@H](O)[C@H]1O. The van der Waals surface area contributed by atoms with Crippen LogP contribution in [-0.2, 0) is 18.9 Å². The summed E-state index contributed by atoms with van der Waals surface area (Å²) in [6.45, 7) is -1.24. The van der Waals surface area contributed by atoms with Gasteiger partial charge in [0.05, 0.1) is 13.2 Å². The van der Waals surface area contributed by atoms with Crippen molar-refractivity contribution >= 4 is 0 Å². The third-order valence-corrected chi connectivity index (χ3v) is 4.19. The third kappa shape index (κ3) is 3.71. The summed E-state index contributed by atoms with van der Waals surface area (Å²) < 4.78 is 20.6. The minimum Gasteiger partial charge on any atom is -0.394 e. The lowest BCUT2D eigenvalue weighted by Gasteiger charge is -2.45. The van der Waals surface area contributed by atoms with Crippen LogP contribution >= 0.6 is 0 Å². The van der Waals surface area contributed by atoms with E-state index in [0.717, 1.165) is 0 Å². The minimum absolute atomic E-state index is 0.592. The van der Waals surface area contributed by atoms with Gasteiger partial charge in [0.1, 0.15) is 48.8 Å². The van der Waals surface area contributed by atoms with Crippen molar-refractivity contribution in [2.75, 3.05) is 20.3 Å². The van der Waals surface area contributed by atoms with Gasteiger partial charge < -0.3 is 54.7 Å². The molecule has 0 aromatic heterocycles. The number of hydrogen-bond donors (Lipinski definition) is 7. The molecule has 24 heavy (non-hydrogen) atoms. The highest BCUT2D eigenvalue weighted by molar-refractivity contribution is 4.93. The van der Waals surface area contributed by atoms with E-state index in [1.807, 2.05) is 0 Å². The fourth-order valence-corrected chi connectivity index (χ4v) is 2.75. The molecule has 2 fully saturated rings. The molecule has 2 saturated heterocycles. The van der Waals surface area contributed by atoms with E-state index in [4.69, 9.17) is 24.1 Å². The summed E-state index contributed by atoms with van der Waals surface area (Å²) in [6, 6.07) is 0. The first-order valence-corrected chi connectivity index (χ1v) is 7.46. The van der Waals surface area contributed by atoms with Crippen molar-refractivity contribution in [3.63, 3.8) is 0 Å². The fourth-order valence-electron chi connectivity index (χ4n) is 2.75. The summed E-state index contributed by atoms with van der Waals surface area (Å²) in [5, 5.41) is 68.0. The van der Waals surface area contributed by atoms with Gasteiger partial charge in [0.15, 0.2) is 12.6 Å². The number of ether oxygens (including phenoxy) is 4. The van der Waals surface area contributed by atoms with Gasteiger partial charge in [-0.3, -0.25) is 0 Å². The number of methoxy groups -OCH3 is 1. The van der Waals surface area contributed by atoms with E-state index in [1.165, 1.54) is 7.11 Å². The number of hydrogen-bond acceptors (Lipinski definition) is 11. The highest BCUT2D eigenvalue weighted by atomic mass is 16.7. The first kappa shape index (κ1) is 19.9. The molecule has 0 aromatic rings. The summed E-state index contributed by atoms with van der Waals surface area (Å²) in [5.74, 6) is 0. The second-order valence-electron chi connectivity index (χ2n) is 5.74. The van der Waals surface area contributed by atoms with Gasteiger partial charge in [-0.1, -0.05) is 0 Å². The van der Waals surface area contributed by atoms with Gasteiger partial charge in [-0.15, -0.1) is 0 Å². The molecule has 0 aromatic carbocycles. The number of aliphatic hydroxyl groups is 7. The molecule has 2 aliphatic rings. The summed E-state index contributed by atoms with van der Waals surface area (Å²) >= 11 is 0. The van der Waals surface area contributed by atoms with Crippen molar-refractivity contribution in [2.24, 2.45) is 0 Å². The first-order valence-electron chi connectivity index (χ1n) is 7.46. The van der Waals surface area contributed by atoms with Crippen molar-refractivity contribution in [3.8, 4) is 0 Å². The Balaban J connectivity index is 2.12. The lowest BCUT2D eigenvalue weighted by atomic mass is 9.97. The molecule has 10 atom stereocenters. The summed E-state index contributed by atoms with van der Waals surface area (Å²) in [7, 11) is 1.24. The Kier molecular flexibility index (Phi) is 6.87. The van der Waals surface area contributed by atoms with Crippen LogP contribution in [0.5, 0.6) is 0 Å². The van der Waals surface area contributed by atoms with E-state index in [2.05, 4.69) is 0 Å². The van der Waals surface area contributed by atoms with Crippen LogP contribution in [0.2, 0.25) is 0 Å². The van der Waals surface area contributed by atoms with Crippen LogP contribution in [0.3, 0.4) is 0 Å². The monoisotopic (exact) mass is 356 g/mol. The van der Waals surface area contributed by atoms with Gasteiger partial charge in [0.25, 0.3) is 0 Å². The standard InChI is InChI=1S/C13H24O11/c1-21-12-10(20)8(18)11(5(3-15)23-12)24-13-9(19)7(17)6(16)4(2-14)22-13/h4-20H,2-3H2,1H3/t4-,5+,6-,7+,8+,9+,10+,11+,12-,13-/m0/s1. The van der Waals surface area contributed by atoms with E-state index >= 15 is 0 Å². The Bertz CT molecular complexity index is 392. The topological polar surface area (TPSA) is 179 Å². The molecule has 142 valence electrons. The van der Waals surface area contributed by atoms with Crippen LogP contribution in [-0.4, -0.2) is 117 Å². The molecular formula is C13H24O11. The van der Waals surface area contributed by atoms with Crippen molar-refractivity contribution in [1.29, 1.82) is 0 Å². The number of aliphatic hydroxyl groups excluding tert-OH is 7. The molecule has 2 heterocycles. The summed E-state index contributed by atoms with van der Waals surface area (Å²) in [4.78, 5) is 0. The second-order valence-corrected chi connectivity index (χ2v) is 5.74. The molecule has 2 aliphatic heterocycles. The van der Waals surface area contributed by atoms with Gasteiger partial charge in [0, 0.05) is 7.11 Å². The maximum Gasteiger partial charge on any atom is 0.187 e. The zero-order chi connectivity index (χ0) is 18.0. The fraction of sp³-hybridized carbons (Fsp3) is 1.00. The normalized spacial score (nSPS) is 50.0. The molecule has 11 nitrogen and oxygen atoms in total. The van der Waals surface area contributed by atoms with Crippen LogP contribution in [0.15, 0.2) is 0 Å². The molecule has 0 spiro atoms. The first-order chi connectivity index (χ1) is 11.3. The second kappa shape index (κ2) is 8.29. The van der Waals surface area contributed by atoms with Crippen molar-refractivity contribution < 1.29 is 54.7 Å². The lowest BCUT2D eigenvalue weighted by Crippen LogP contribution is -2.64. The molecular weight excluding hydrogens is 332 g/mol. The highest BCUT2D eigenvalue weighted by Gasteiger charge is 2.50. The maximum atomic E-state index is 10.2. The van der Waals surface area contributed by atoms with Crippen LogP contribution in [0.25, 0.3) is 0 Å². The van der Waals surface area contributed by atoms with E-state index in [1.54, 1.807) is 0 Å². The van der Waals surface area contributed by atoms with Crippen LogP contribution < -0.4 is 0 Å². The zero-order valence-electron chi connectivity index (χ0n) is 13.0. The minimum atomic E-state index is -1.69. The van der Waals surface area contributed by atoms with Gasteiger partial charge in [-0.2, -0.15) is 0 Å². The smallest absolute Gasteiger partial charge is 0.187 e. The highest BCUT2D eigenvalue weighted by Crippen LogP contribution is 2.29. The van der Waals surface area contributed by atoms with Gasteiger partial charge >= 0.3 is 0 Å². The van der Waals surface area contributed by atoms with Crippen LogP contribution in [0, 0.1) is 0 Å². The predicted molar refractivity (Wildman–Crippen MR) is 73.4 cm³/mol. The quantitative estimate of drug-likeness (QED) is 0.251. The van der Waals surface area contributed by atoms with E-state index in [9.17, 15) is 30.6 Å². The Morgan fingerprint density at radius 3 is 1.79 bits per heavy atom. The molecule has 0 bridgehead atoms. The predicted octanol–water partition coefficient (Wildman–Crippen LogP) is -4.74. The molecule has 0 amide bonds. The van der Waals surface area contributed by atoms with Gasteiger partial charge in [-0.05, 0) is 0 Å².